The molecule has 0 saturated heterocycles. The molecule has 0 radical (unpaired) electrons. The molecule has 0 bridgehead atoms. The highest BCUT2D eigenvalue weighted by Gasteiger charge is 2.14. The van der Waals surface area contributed by atoms with Gasteiger partial charge in [-0.15, -0.1) is 0 Å². The number of amides is 1. The van der Waals surface area contributed by atoms with Gasteiger partial charge >= 0.3 is 0 Å². The van der Waals surface area contributed by atoms with E-state index < -0.39 is 0 Å². The van der Waals surface area contributed by atoms with Gasteiger partial charge in [0.05, 0.1) is 13.3 Å². The summed E-state index contributed by atoms with van der Waals surface area (Å²) >= 11 is 12.1. The third kappa shape index (κ3) is 6.73. The van der Waals surface area contributed by atoms with Crippen LogP contribution in [0.5, 0.6) is 11.5 Å². The fraction of sp³-hybridized carbons (Fsp3) is 0.231. The SMILES string of the molecule is COc1cc(/C=N\NC(=O)c2ccc(C(C)(C)C)cc2)ccc1OCc1ccc(Cl)cc1Cl. The molecule has 0 spiro atoms. The minimum Gasteiger partial charge on any atom is -0.493 e. The van der Waals surface area contributed by atoms with Gasteiger partial charge in [0.15, 0.2) is 11.5 Å². The number of carbonyl (C=O) groups excluding carboxylic acids is 1. The summed E-state index contributed by atoms with van der Waals surface area (Å²) in [6, 6.07) is 18.1. The van der Waals surface area contributed by atoms with Gasteiger partial charge < -0.3 is 9.47 Å². The van der Waals surface area contributed by atoms with E-state index in [9.17, 15) is 4.79 Å². The van der Waals surface area contributed by atoms with Crippen molar-refractivity contribution in [2.24, 2.45) is 5.10 Å². The molecule has 1 N–H and O–H groups in total. The molecule has 0 saturated carbocycles. The maximum absolute atomic E-state index is 12.4. The lowest BCUT2D eigenvalue weighted by Crippen LogP contribution is -2.18. The number of carbonyl (C=O) groups is 1. The van der Waals surface area contributed by atoms with Crippen molar-refractivity contribution in [1.82, 2.24) is 5.43 Å². The molecule has 0 unspecified atom stereocenters. The summed E-state index contributed by atoms with van der Waals surface area (Å²) in [7, 11) is 1.56. The fourth-order valence-corrected chi connectivity index (χ4v) is 3.49. The zero-order chi connectivity index (χ0) is 24.0. The molecule has 3 rings (SSSR count). The van der Waals surface area contributed by atoms with E-state index in [0.29, 0.717) is 27.1 Å². The lowest BCUT2D eigenvalue weighted by atomic mass is 9.87. The van der Waals surface area contributed by atoms with Crippen LogP contribution in [-0.4, -0.2) is 19.2 Å². The van der Waals surface area contributed by atoms with Crippen molar-refractivity contribution in [3.8, 4) is 11.5 Å². The van der Waals surface area contributed by atoms with E-state index in [1.54, 1.807) is 49.7 Å². The molecule has 3 aromatic rings. The van der Waals surface area contributed by atoms with Gasteiger partial charge in [-0.1, -0.05) is 62.2 Å². The van der Waals surface area contributed by atoms with Crippen LogP contribution in [-0.2, 0) is 12.0 Å². The molecule has 172 valence electrons. The predicted octanol–water partition coefficient (Wildman–Crippen LogP) is 6.64. The van der Waals surface area contributed by atoms with E-state index in [4.69, 9.17) is 32.7 Å². The number of nitrogens with zero attached hydrogens (tertiary/aromatic N) is 1. The van der Waals surface area contributed by atoms with E-state index in [0.717, 1.165) is 16.7 Å². The first-order valence-corrected chi connectivity index (χ1v) is 11.1. The summed E-state index contributed by atoms with van der Waals surface area (Å²) < 4.78 is 11.3. The monoisotopic (exact) mass is 484 g/mol. The van der Waals surface area contributed by atoms with Crippen molar-refractivity contribution < 1.29 is 14.3 Å². The molecule has 0 aliphatic rings. The highest BCUT2D eigenvalue weighted by molar-refractivity contribution is 6.35. The number of hydrogen-bond donors (Lipinski definition) is 1. The topological polar surface area (TPSA) is 59.9 Å². The number of hydrazone groups is 1. The predicted molar refractivity (Wildman–Crippen MR) is 134 cm³/mol. The van der Waals surface area contributed by atoms with E-state index in [1.807, 2.05) is 24.3 Å². The standard InChI is InChI=1S/C26H26Cl2N2O3/c1-26(2,3)20-9-6-18(7-10-20)25(31)30-29-15-17-5-12-23(24(13-17)32-4)33-16-19-8-11-21(27)14-22(19)28/h5-15H,16H2,1-4H3,(H,30,31)/b29-15-. The summed E-state index contributed by atoms with van der Waals surface area (Å²) in [5, 5.41) is 5.16. The van der Waals surface area contributed by atoms with E-state index >= 15 is 0 Å². The van der Waals surface area contributed by atoms with Crippen molar-refractivity contribution in [3.63, 3.8) is 0 Å². The summed E-state index contributed by atoms with van der Waals surface area (Å²) in [6.45, 7) is 6.65. The Morgan fingerprint density at radius 2 is 1.73 bits per heavy atom. The van der Waals surface area contributed by atoms with E-state index in [2.05, 4.69) is 31.3 Å². The number of hydrogen-bond acceptors (Lipinski definition) is 4. The number of nitrogens with one attached hydrogen (secondary N) is 1. The Balaban J connectivity index is 1.62. The van der Waals surface area contributed by atoms with Crippen LogP contribution in [0.4, 0.5) is 0 Å². The quantitative estimate of drug-likeness (QED) is 0.301. The van der Waals surface area contributed by atoms with Crippen LogP contribution in [0.1, 0.15) is 47.8 Å². The molecule has 1 amide bonds. The van der Waals surface area contributed by atoms with Crippen LogP contribution in [0.25, 0.3) is 0 Å². The van der Waals surface area contributed by atoms with Crippen molar-refractivity contribution in [2.45, 2.75) is 32.8 Å². The van der Waals surface area contributed by atoms with Crippen molar-refractivity contribution in [2.75, 3.05) is 7.11 Å². The Morgan fingerprint density at radius 3 is 2.36 bits per heavy atom. The van der Waals surface area contributed by atoms with Crippen molar-refractivity contribution >= 4 is 35.3 Å². The number of benzene rings is 3. The smallest absolute Gasteiger partial charge is 0.271 e. The van der Waals surface area contributed by atoms with Gasteiger partial charge in [0, 0.05) is 21.2 Å². The minimum absolute atomic E-state index is 0.0309. The molecule has 0 aromatic heterocycles. The molecular formula is C26H26Cl2N2O3. The highest BCUT2D eigenvalue weighted by Crippen LogP contribution is 2.30. The first kappa shape index (κ1) is 24.6. The molecule has 0 fully saturated rings. The highest BCUT2D eigenvalue weighted by atomic mass is 35.5. The Kier molecular flexibility index (Phi) is 8.01. The first-order valence-electron chi connectivity index (χ1n) is 10.4. The number of ether oxygens (including phenoxy) is 2. The second-order valence-electron chi connectivity index (χ2n) is 8.46. The molecule has 5 nitrogen and oxygen atoms in total. The normalized spacial score (nSPS) is 11.5. The summed E-state index contributed by atoms with van der Waals surface area (Å²) in [4.78, 5) is 12.4. The molecule has 0 aliphatic heterocycles. The van der Waals surface area contributed by atoms with Crippen molar-refractivity contribution in [1.29, 1.82) is 0 Å². The molecule has 3 aromatic carbocycles. The maximum atomic E-state index is 12.4. The van der Waals surface area contributed by atoms with E-state index in [1.165, 1.54) is 0 Å². The van der Waals surface area contributed by atoms with Gasteiger partial charge in [-0.3, -0.25) is 4.79 Å². The molecular weight excluding hydrogens is 459 g/mol. The zero-order valence-corrected chi connectivity index (χ0v) is 20.5. The molecule has 33 heavy (non-hydrogen) atoms. The van der Waals surface area contributed by atoms with Crippen molar-refractivity contribution in [3.05, 3.63) is 93.0 Å². The third-order valence-electron chi connectivity index (χ3n) is 4.98. The van der Waals surface area contributed by atoms with Gasteiger partial charge in [0.25, 0.3) is 5.91 Å². The third-order valence-corrected chi connectivity index (χ3v) is 5.57. The fourth-order valence-electron chi connectivity index (χ4n) is 3.03. The Morgan fingerprint density at radius 1 is 1.00 bits per heavy atom. The minimum atomic E-state index is -0.279. The van der Waals surface area contributed by atoms with Crippen LogP contribution in [0.2, 0.25) is 10.0 Å². The first-order chi connectivity index (χ1) is 15.7. The molecule has 0 heterocycles. The largest absolute Gasteiger partial charge is 0.493 e. The average molecular weight is 485 g/mol. The van der Waals surface area contributed by atoms with Crippen LogP contribution in [0.3, 0.4) is 0 Å². The van der Waals surface area contributed by atoms with Crippen LogP contribution >= 0.6 is 23.2 Å². The van der Waals surface area contributed by atoms with Crippen LogP contribution in [0.15, 0.2) is 65.8 Å². The summed E-state index contributed by atoms with van der Waals surface area (Å²) in [5.74, 6) is 0.815. The Hall–Kier alpha value is -3.02. The molecule has 0 aliphatic carbocycles. The second kappa shape index (κ2) is 10.7. The van der Waals surface area contributed by atoms with E-state index in [-0.39, 0.29) is 17.9 Å². The molecule has 0 atom stereocenters. The number of rotatable bonds is 7. The second-order valence-corrected chi connectivity index (χ2v) is 9.30. The maximum Gasteiger partial charge on any atom is 0.271 e. The van der Waals surface area contributed by atoms with Gasteiger partial charge in [-0.25, -0.2) is 5.43 Å². The lowest BCUT2D eigenvalue weighted by molar-refractivity contribution is 0.0955. The summed E-state index contributed by atoms with van der Waals surface area (Å²) in [5.41, 5.74) is 5.84. The van der Waals surface area contributed by atoms with Crippen LogP contribution in [0, 0.1) is 0 Å². The lowest BCUT2D eigenvalue weighted by Gasteiger charge is -2.18. The van der Waals surface area contributed by atoms with Gasteiger partial charge in [0.2, 0.25) is 0 Å². The van der Waals surface area contributed by atoms with Crippen LogP contribution < -0.4 is 14.9 Å². The van der Waals surface area contributed by atoms with Gasteiger partial charge in [0.1, 0.15) is 6.61 Å². The molecule has 7 heteroatoms. The zero-order valence-electron chi connectivity index (χ0n) is 19.0. The number of methoxy groups -OCH3 is 1. The Bertz CT molecular complexity index is 1150. The summed E-state index contributed by atoms with van der Waals surface area (Å²) in [6.07, 6.45) is 1.55. The number of halogens is 2. The van der Waals surface area contributed by atoms with Gasteiger partial charge in [-0.05, 0) is 59.0 Å². The van der Waals surface area contributed by atoms with Gasteiger partial charge in [-0.2, -0.15) is 5.10 Å². The average Bonchev–Trinajstić information content (AvgIpc) is 2.78. The Labute approximate surface area is 204 Å².